The number of hydrogen-bond donors (Lipinski definition) is 1. The molecule has 1 saturated heterocycles. The van der Waals surface area contributed by atoms with Crippen molar-refractivity contribution in [1.82, 2.24) is 9.21 Å². The van der Waals surface area contributed by atoms with E-state index in [-0.39, 0.29) is 35.5 Å². The Hall–Kier alpha value is -1.91. The first-order valence-electron chi connectivity index (χ1n) is 8.27. The number of aliphatic carboxylic acids is 1. The van der Waals surface area contributed by atoms with Gasteiger partial charge in [-0.25, -0.2) is 13.2 Å². The van der Waals surface area contributed by atoms with E-state index in [2.05, 4.69) is 4.74 Å². The number of esters is 1. The van der Waals surface area contributed by atoms with Crippen LogP contribution in [0.4, 0.5) is 0 Å². The molecule has 2 rings (SSSR count). The van der Waals surface area contributed by atoms with Crippen molar-refractivity contribution in [2.75, 3.05) is 33.8 Å². The number of carbonyl (C=O) groups excluding carboxylic acids is 1. The molecule has 1 fully saturated rings. The number of carboxylic acid groups (broad SMARTS) is 1. The fourth-order valence-electron chi connectivity index (χ4n) is 3.14. The molecular weight excluding hydrogens is 364 g/mol. The molecule has 1 aromatic rings. The van der Waals surface area contributed by atoms with Crippen molar-refractivity contribution in [3.8, 4) is 0 Å². The quantitative estimate of drug-likeness (QED) is 0.715. The van der Waals surface area contributed by atoms with E-state index in [1.165, 1.54) is 24.4 Å². The minimum atomic E-state index is -3.81. The van der Waals surface area contributed by atoms with Gasteiger partial charge in [-0.15, -0.1) is 0 Å². The Bertz CT molecular complexity index is 772. The Morgan fingerprint density at radius 2 is 2.08 bits per heavy atom. The van der Waals surface area contributed by atoms with E-state index in [1.54, 1.807) is 11.9 Å². The second kappa shape index (κ2) is 8.19. The number of likely N-dealkylation sites (N-methyl/N-ethyl adjacent to an activating group) is 1. The van der Waals surface area contributed by atoms with Gasteiger partial charge in [-0.2, -0.15) is 4.31 Å². The van der Waals surface area contributed by atoms with Crippen LogP contribution in [0.3, 0.4) is 0 Å². The molecule has 1 aliphatic rings. The van der Waals surface area contributed by atoms with E-state index in [0.717, 1.165) is 0 Å². The van der Waals surface area contributed by atoms with Crippen LogP contribution in [0, 0.1) is 6.92 Å². The molecule has 0 aromatic carbocycles. The van der Waals surface area contributed by atoms with Crippen molar-refractivity contribution in [2.45, 2.75) is 37.1 Å². The van der Waals surface area contributed by atoms with Crippen LogP contribution in [0.2, 0.25) is 0 Å². The summed E-state index contributed by atoms with van der Waals surface area (Å²) in [7, 11) is -0.893. The van der Waals surface area contributed by atoms with Gasteiger partial charge >= 0.3 is 11.9 Å². The highest BCUT2D eigenvalue weighted by Gasteiger charge is 2.32. The van der Waals surface area contributed by atoms with Gasteiger partial charge in [0.1, 0.15) is 10.7 Å². The van der Waals surface area contributed by atoms with Gasteiger partial charge in [0.15, 0.2) is 0 Å². The van der Waals surface area contributed by atoms with E-state index in [4.69, 9.17) is 9.52 Å². The predicted molar refractivity (Wildman–Crippen MR) is 91.4 cm³/mol. The molecule has 146 valence electrons. The molecule has 10 heteroatoms. The summed E-state index contributed by atoms with van der Waals surface area (Å²) in [5.74, 6) is -1.67. The van der Waals surface area contributed by atoms with Crippen LogP contribution < -0.4 is 0 Å². The van der Waals surface area contributed by atoms with Gasteiger partial charge in [-0.1, -0.05) is 0 Å². The number of carboxylic acids is 1. The molecule has 0 bridgehead atoms. The first-order valence-corrected chi connectivity index (χ1v) is 9.71. The molecule has 1 aromatic heterocycles. The summed E-state index contributed by atoms with van der Waals surface area (Å²) >= 11 is 0. The summed E-state index contributed by atoms with van der Waals surface area (Å²) in [5.41, 5.74) is 0. The van der Waals surface area contributed by atoms with E-state index in [9.17, 15) is 18.0 Å². The topological polar surface area (TPSA) is 117 Å². The summed E-state index contributed by atoms with van der Waals surface area (Å²) in [4.78, 5) is 24.1. The second-order valence-corrected chi connectivity index (χ2v) is 8.23. The van der Waals surface area contributed by atoms with Crippen LogP contribution in [0.25, 0.3) is 0 Å². The Morgan fingerprint density at radius 3 is 2.69 bits per heavy atom. The first-order chi connectivity index (χ1) is 12.2. The van der Waals surface area contributed by atoms with Crippen LogP contribution in [0.1, 0.15) is 35.6 Å². The lowest BCUT2D eigenvalue weighted by molar-refractivity contribution is -0.138. The van der Waals surface area contributed by atoms with Crippen molar-refractivity contribution >= 4 is 22.0 Å². The molecule has 1 aliphatic heterocycles. The summed E-state index contributed by atoms with van der Waals surface area (Å²) in [6.07, 6.45) is 1.87. The predicted octanol–water partition coefficient (Wildman–Crippen LogP) is 0.934. The van der Waals surface area contributed by atoms with E-state index < -0.39 is 22.0 Å². The molecule has 9 nitrogen and oxygen atoms in total. The lowest BCUT2D eigenvalue weighted by Gasteiger charge is -2.25. The number of aryl methyl sites for hydroxylation is 1. The number of hydrogen-bond acceptors (Lipinski definition) is 7. The standard InChI is InChI=1S/C16H24N2O7S/c1-11-14(9-13(25-11)16(21)24-3)26(22,23)18-7-4-5-12(6-8-18)17(2)10-15(19)20/h9,12H,4-8,10H2,1-3H3,(H,19,20). The number of nitrogens with zero attached hydrogens (tertiary/aromatic N) is 2. The maximum Gasteiger partial charge on any atom is 0.373 e. The lowest BCUT2D eigenvalue weighted by atomic mass is 10.1. The highest BCUT2D eigenvalue weighted by atomic mass is 32.2. The Labute approximate surface area is 152 Å². The second-order valence-electron chi connectivity index (χ2n) is 6.32. The van der Waals surface area contributed by atoms with Crippen molar-refractivity contribution in [3.63, 3.8) is 0 Å². The summed E-state index contributed by atoms with van der Waals surface area (Å²) in [5, 5.41) is 8.92. The van der Waals surface area contributed by atoms with Gasteiger partial charge in [0, 0.05) is 25.2 Å². The zero-order valence-corrected chi connectivity index (χ0v) is 15.9. The van der Waals surface area contributed by atoms with Crippen molar-refractivity contribution in [3.05, 3.63) is 17.6 Å². The Morgan fingerprint density at radius 1 is 1.38 bits per heavy atom. The summed E-state index contributed by atoms with van der Waals surface area (Å²) in [6.45, 7) is 2.01. The largest absolute Gasteiger partial charge is 0.480 e. The van der Waals surface area contributed by atoms with Crippen molar-refractivity contribution in [2.24, 2.45) is 0 Å². The smallest absolute Gasteiger partial charge is 0.373 e. The molecule has 0 spiro atoms. The average Bonchev–Trinajstić information content (AvgIpc) is 2.81. The number of ether oxygens (including phenoxy) is 1. The van der Waals surface area contributed by atoms with Crippen LogP contribution in [0.15, 0.2) is 15.4 Å². The van der Waals surface area contributed by atoms with E-state index >= 15 is 0 Å². The Balaban J connectivity index is 2.16. The van der Waals surface area contributed by atoms with Crippen LogP contribution >= 0.6 is 0 Å². The normalized spacial score (nSPS) is 19.3. The zero-order chi connectivity index (χ0) is 19.5. The number of methoxy groups -OCH3 is 1. The summed E-state index contributed by atoms with van der Waals surface area (Å²) < 4.78 is 37.0. The van der Waals surface area contributed by atoms with Crippen LogP contribution in [0.5, 0.6) is 0 Å². The van der Waals surface area contributed by atoms with Gasteiger partial charge < -0.3 is 14.3 Å². The molecular formula is C16H24N2O7S. The fourth-order valence-corrected chi connectivity index (χ4v) is 4.79. The summed E-state index contributed by atoms with van der Waals surface area (Å²) in [6, 6.07) is 1.19. The third kappa shape index (κ3) is 4.43. The molecule has 1 atom stereocenters. The minimum absolute atomic E-state index is 0.00220. The highest BCUT2D eigenvalue weighted by Crippen LogP contribution is 2.27. The molecule has 0 amide bonds. The highest BCUT2D eigenvalue weighted by molar-refractivity contribution is 7.89. The maximum atomic E-state index is 12.9. The fraction of sp³-hybridized carbons (Fsp3) is 0.625. The molecule has 0 aliphatic carbocycles. The molecule has 0 radical (unpaired) electrons. The van der Waals surface area contributed by atoms with E-state index in [0.29, 0.717) is 25.8 Å². The molecule has 2 heterocycles. The third-order valence-electron chi connectivity index (χ3n) is 4.54. The van der Waals surface area contributed by atoms with Crippen LogP contribution in [-0.4, -0.2) is 74.5 Å². The lowest BCUT2D eigenvalue weighted by Crippen LogP contribution is -2.37. The van der Waals surface area contributed by atoms with E-state index in [1.807, 2.05) is 0 Å². The van der Waals surface area contributed by atoms with Gasteiger partial charge in [-0.3, -0.25) is 9.69 Å². The molecule has 0 saturated carbocycles. The number of rotatable bonds is 6. The van der Waals surface area contributed by atoms with Gasteiger partial charge in [0.05, 0.1) is 13.7 Å². The van der Waals surface area contributed by atoms with Crippen molar-refractivity contribution in [1.29, 1.82) is 0 Å². The molecule has 1 unspecified atom stereocenters. The molecule has 1 N–H and O–H groups in total. The van der Waals surface area contributed by atoms with Crippen LogP contribution in [-0.2, 0) is 19.6 Å². The van der Waals surface area contributed by atoms with Gasteiger partial charge in [-0.05, 0) is 33.2 Å². The number of sulfonamides is 1. The minimum Gasteiger partial charge on any atom is -0.480 e. The zero-order valence-electron chi connectivity index (χ0n) is 15.1. The van der Waals surface area contributed by atoms with Gasteiger partial charge in [0.25, 0.3) is 0 Å². The number of carbonyl (C=O) groups is 2. The Kier molecular flexibility index (Phi) is 6.43. The SMILES string of the molecule is COC(=O)c1cc(S(=O)(=O)N2CCCC(N(C)CC(=O)O)CC2)c(C)o1. The molecule has 26 heavy (non-hydrogen) atoms. The first kappa shape index (κ1) is 20.4. The third-order valence-corrected chi connectivity index (χ3v) is 6.55. The number of furan rings is 1. The van der Waals surface area contributed by atoms with Crippen molar-refractivity contribution < 1.29 is 32.3 Å². The van der Waals surface area contributed by atoms with Gasteiger partial charge in [0.2, 0.25) is 15.8 Å². The monoisotopic (exact) mass is 388 g/mol. The average molecular weight is 388 g/mol. The maximum absolute atomic E-state index is 12.9.